The second-order valence-electron chi connectivity index (χ2n) is 7.97. The van der Waals surface area contributed by atoms with Gasteiger partial charge in [0.05, 0.1) is 33.7 Å². The van der Waals surface area contributed by atoms with Gasteiger partial charge in [0.25, 0.3) is 0 Å². The van der Waals surface area contributed by atoms with Crippen LogP contribution >= 0.6 is 23.2 Å². The highest BCUT2D eigenvalue weighted by Crippen LogP contribution is 2.27. The van der Waals surface area contributed by atoms with Gasteiger partial charge in [-0.3, -0.25) is 9.10 Å². The molecule has 1 aliphatic rings. The SMILES string of the molecule is CN(c1cccc(NC(=O)[C@@H]2CCCN(S(=O)(=O)Cc3ccc(Cl)c(Cl)c3)C2)c1)S(C)(=O)=O. The summed E-state index contributed by atoms with van der Waals surface area (Å²) in [7, 11) is -5.68. The number of nitrogens with zero attached hydrogens (tertiary/aromatic N) is 2. The van der Waals surface area contributed by atoms with Crippen LogP contribution < -0.4 is 9.62 Å². The number of sulfonamides is 2. The van der Waals surface area contributed by atoms with Gasteiger partial charge in [0.15, 0.2) is 0 Å². The van der Waals surface area contributed by atoms with Crippen molar-refractivity contribution in [3.05, 3.63) is 58.1 Å². The Hall–Kier alpha value is -1.85. The topological polar surface area (TPSA) is 104 Å². The van der Waals surface area contributed by atoms with E-state index in [-0.39, 0.29) is 23.2 Å². The van der Waals surface area contributed by atoms with Crippen molar-refractivity contribution in [2.45, 2.75) is 18.6 Å². The van der Waals surface area contributed by atoms with Gasteiger partial charge in [0, 0.05) is 25.8 Å². The molecule has 180 valence electrons. The number of hydrogen-bond donors (Lipinski definition) is 1. The minimum atomic E-state index is -3.66. The molecule has 0 radical (unpaired) electrons. The Kier molecular flexibility index (Phi) is 7.95. The maximum Gasteiger partial charge on any atom is 0.231 e. The Labute approximate surface area is 204 Å². The summed E-state index contributed by atoms with van der Waals surface area (Å²) >= 11 is 11.9. The molecule has 1 amide bonds. The summed E-state index contributed by atoms with van der Waals surface area (Å²) in [5.74, 6) is -1.08. The fourth-order valence-electron chi connectivity index (χ4n) is 3.56. The summed E-state index contributed by atoms with van der Waals surface area (Å²) in [6.07, 6.45) is 2.19. The van der Waals surface area contributed by atoms with Gasteiger partial charge in [-0.1, -0.05) is 35.3 Å². The van der Waals surface area contributed by atoms with E-state index in [1.165, 1.54) is 17.4 Å². The van der Waals surface area contributed by atoms with Crippen molar-refractivity contribution in [3.8, 4) is 0 Å². The zero-order chi connectivity index (χ0) is 24.4. The van der Waals surface area contributed by atoms with Crippen LogP contribution in [0.5, 0.6) is 0 Å². The van der Waals surface area contributed by atoms with Gasteiger partial charge in [-0.05, 0) is 48.7 Å². The third-order valence-electron chi connectivity index (χ3n) is 5.46. The molecule has 2 aromatic rings. The average molecular weight is 534 g/mol. The standard InChI is InChI=1S/C21H25Cl2N3O5S2/c1-25(32(2,28)29)18-7-3-6-17(12-18)24-21(27)16-5-4-10-26(13-16)33(30,31)14-15-8-9-19(22)20(23)11-15/h3,6-9,11-12,16H,4-5,10,13-14H2,1-2H3,(H,24,27)/t16-/m1/s1. The van der Waals surface area contributed by atoms with Gasteiger partial charge < -0.3 is 5.32 Å². The van der Waals surface area contributed by atoms with Crippen molar-refractivity contribution in [1.82, 2.24) is 4.31 Å². The molecule has 1 heterocycles. The summed E-state index contributed by atoms with van der Waals surface area (Å²) < 4.78 is 51.9. The molecule has 0 aromatic heterocycles. The lowest BCUT2D eigenvalue weighted by Crippen LogP contribution is -2.44. The number of amides is 1. The van der Waals surface area contributed by atoms with Gasteiger partial charge in [-0.15, -0.1) is 0 Å². The highest BCUT2D eigenvalue weighted by Gasteiger charge is 2.32. The van der Waals surface area contributed by atoms with Crippen LogP contribution in [0.1, 0.15) is 18.4 Å². The lowest BCUT2D eigenvalue weighted by Gasteiger charge is -2.31. The number of anilines is 2. The Morgan fingerprint density at radius 3 is 2.52 bits per heavy atom. The van der Waals surface area contributed by atoms with E-state index < -0.39 is 26.0 Å². The Bertz CT molecular complexity index is 1250. The highest BCUT2D eigenvalue weighted by molar-refractivity contribution is 7.92. The summed E-state index contributed by atoms with van der Waals surface area (Å²) in [5, 5.41) is 3.41. The van der Waals surface area contributed by atoms with Crippen LogP contribution in [0.4, 0.5) is 11.4 Å². The zero-order valence-corrected chi connectivity index (χ0v) is 21.3. The lowest BCUT2D eigenvalue weighted by molar-refractivity contribution is -0.120. The molecule has 2 aromatic carbocycles. The molecule has 1 fully saturated rings. The molecule has 1 saturated heterocycles. The van der Waals surface area contributed by atoms with E-state index in [1.807, 2.05) is 0 Å². The molecule has 1 atom stereocenters. The molecule has 0 saturated carbocycles. The number of rotatable bonds is 7. The molecule has 0 aliphatic carbocycles. The van der Waals surface area contributed by atoms with Crippen LogP contribution in [0.3, 0.4) is 0 Å². The number of benzene rings is 2. The summed E-state index contributed by atoms with van der Waals surface area (Å²) in [5.41, 5.74) is 1.36. The lowest BCUT2D eigenvalue weighted by atomic mass is 9.98. The zero-order valence-electron chi connectivity index (χ0n) is 18.2. The molecule has 33 heavy (non-hydrogen) atoms. The van der Waals surface area contributed by atoms with Gasteiger partial charge >= 0.3 is 0 Å². The predicted octanol–water partition coefficient (Wildman–Crippen LogP) is 3.57. The first kappa shape index (κ1) is 25.8. The predicted molar refractivity (Wildman–Crippen MR) is 132 cm³/mol. The number of nitrogens with one attached hydrogen (secondary N) is 1. The van der Waals surface area contributed by atoms with Crippen molar-refractivity contribution in [2.24, 2.45) is 5.92 Å². The van der Waals surface area contributed by atoms with Crippen molar-refractivity contribution in [2.75, 3.05) is 36.0 Å². The Morgan fingerprint density at radius 2 is 1.85 bits per heavy atom. The van der Waals surface area contributed by atoms with Crippen LogP contribution in [0.25, 0.3) is 0 Å². The second kappa shape index (κ2) is 10.2. The molecule has 0 spiro atoms. The van der Waals surface area contributed by atoms with E-state index in [2.05, 4.69) is 5.32 Å². The number of piperidine rings is 1. The maximum absolute atomic E-state index is 12.9. The smallest absolute Gasteiger partial charge is 0.231 e. The first-order valence-electron chi connectivity index (χ1n) is 10.1. The third-order valence-corrected chi connectivity index (χ3v) is 9.22. The van der Waals surface area contributed by atoms with Gasteiger partial charge in [0.1, 0.15) is 0 Å². The van der Waals surface area contributed by atoms with Crippen LogP contribution in [-0.2, 0) is 30.6 Å². The summed E-state index contributed by atoms with van der Waals surface area (Å²) in [4.78, 5) is 12.9. The summed E-state index contributed by atoms with van der Waals surface area (Å²) in [6, 6.07) is 11.2. The van der Waals surface area contributed by atoms with Gasteiger partial charge in [-0.2, -0.15) is 0 Å². The summed E-state index contributed by atoms with van der Waals surface area (Å²) in [6.45, 7) is 0.403. The molecular weight excluding hydrogens is 509 g/mol. The highest BCUT2D eigenvalue weighted by atomic mass is 35.5. The quantitative estimate of drug-likeness (QED) is 0.585. The van der Waals surface area contributed by atoms with E-state index in [4.69, 9.17) is 23.2 Å². The van der Waals surface area contributed by atoms with E-state index in [0.29, 0.717) is 41.3 Å². The third kappa shape index (κ3) is 6.60. The first-order chi connectivity index (χ1) is 15.4. The Balaban J connectivity index is 1.68. The van der Waals surface area contributed by atoms with E-state index >= 15 is 0 Å². The van der Waals surface area contributed by atoms with Gasteiger partial charge in [-0.25, -0.2) is 21.1 Å². The molecular formula is C21H25Cl2N3O5S2. The van der Waals surface area contributed by atoms with Crippen LogP contribution in [0.2, 0.25) is 10.0 Å². The monoisotopic (exact) mass is 533 g/mol. The minimum absolute atomic E-state index is 0.0679. The molecule has 0 bridgehead atoms. The molecule has 1 aliphatic heterocycles. The number of halogens is 2. The molecule has 3 rings (SSSR count). The van der Waals surface area contributed by atoms with Crippen molar-refractivity contribution in [1.29, 1.82) is 0 Å². The fraction of sp³-hybridized carbons (Fsp3) is 0.381. The van der Waals surface area contributed by atoms with Gasteiger partial charge in [0.2, 0.25) is 26.0 Å². The van der Waals surface area contributed by atoms with E-state index in [9.17, 15) is 21.6 Å². The molecule has 1 N–H and O–H groups in total. The second-order valence-corrected chi connectivity index (χ2v) is 12.8. The van der Waals surface area contributed by atoms with Crippen LogP contribution in [0.15, 0.2) is 42.5 Å². The number of carbonyl (C=O) groups is 1. The maximum atomic E-state index is 12.9. The average Bonchev–Trinajstić information content (AvgIpc) is 2.75. The Morgan fingerprint density at radius 1 is 1.12 bits per heavy atom. The molecule has 0 unspecified atom stereocenters. The van der Waals surface area contributed by atoms with Crippen molar-refractivity contribution in [3.63, 3.8) is 0 Å². The molecule has 12 heteroatoms. The van der Waals surface area contributed by atoms with Crippen molar-refractivity contribution < 1.29 is 21.6 Å². The van der Waals surface area contributed by atoms with Crippen LogP contribution in [0, 0.1) is 5.92 Å². The van der Waals surface area contributed by atoms with E-state index in [1.54, 1.807) is 36.4 Å². The van der Waals surface area contributed by atoms with E-state index in [0.717, 1.165) is 10.6 Å². The minimum Gasteiger partial charge on any atom is -0.326 e. The largest absolute Gasteiger partial charge is 0.326 e. The normalized spacial score (nSPS) is 17.5. The first-order valence-corrected chi connectivity index (χ1v) is 14.3. The van der Waals surface area contributed by atoms with Crippen molar-refractivity contribution >= 4 is 60.5 Å². The number of hydrogen-bond acceptors (Lipinski definition) is 5. The molecule has 8 nitrogen and oxygen atoms in total. The van der Waals surface area contributed by atoms with Crippen LogP contribution in [-0.4, -0.2) is 53.4 Å². The number of carbonyl (C=O) groups excluding carboxylic acids is 1. The fourth-order valence-corrected chi connectivity index (χ4v) is 5.97.